The number of ether oxygens (including phenoxy) is 2. The Bertz CT molecular complexity index is 1120. The number of carbonyl (C=O) groups is 2. The zero-order valence-electron chi connectivity index (χ0n) is 16.2. The van der Waals surface area contributed by atoms with Crippen LogP contribution in [0, 0.1) is 0 Å². The van der Waals surface area contributed by atoms with Crippen molar-refractivity contribution in [2.45, 2.75) is 6.10 Å². The summed E-state index contributed by atoms with van der Waals surface area (Å²) in [6.07, 6.45) is -0.276. The van der Waals surface area contributed by atoms with Crippen molar-refractivity contribution in [3.63, 3.8) is 0 Å². The number of hydrogen-bond donors (Lipinski definition) is 2. The average molecular weight is 457 g/mol. The van der Waals surface area contributed by atoms with Crippen LogP contribution in [0.2, 0.25) is 10.0 Å². The molecular weight excluding hydrogens is 439 g/mol. The van der Waals surface area contributed by atoms with Crippen LogP contribution < -0.4 is 20.1 Å². The van der Waals surface area contributed by atoms with Gasteiger partial charge in [0.05, 0.1) is 17.1 Å². The Kier molecular flexibility index (Phi) is 6.30. The fourth-order valence-corrected chi connectivity index (χ4v) is 3.54. The molecule has 158 valence electrons. The summed E-state index contributed by atoms with van der Waals surface area (Å²) in [5.74, 6) is 0.742. The molecule has 0 saturated heterocycles. The normalized spacial score (nSPS) is 14.6. The van der Waals surface area contributed by atoms with Gasteiger partial charge in [-0.25, -0.2) is 0 Å². The molecule has 1 heterocycles. The number of halogens is 2. The molecule has 31 heavy (non-hydrogen) atoms. The zero-order chi connectivity index (χ0) is 21.8. The van der Waals surface area contributed by atoms with E-state index in [9.17, 15) is 9.59 Å². The van der Waals surface area contributed by atoms with Gasteiger partial charge in [0.15, 0.2) is 11.5 Å². The highest BCUT2D eigenvalue weighted by Crippen LogP contribution is 2.30. The van der Waals surface area contributed by atoms with E-state index in [0.717, 1.165) is 0 Å². The van der Waals surface area contributed by atoms with Crippen molar-refractivity contribution in [1.82, 2.24) is 5.32 Å². The molecule has 0 radical (unpaired) electrons. The molecule has 4 rings (SSSR count). The lowest BCUT2D eigenvalue weighted by atomic mass is 10.1. The zero-order valence-corrected chi connectivity index (χ0v) is 17.7. The third-order valence-electron chi connectivity index (χ3n) is 4.64. The van der Waals surface area contributed by atoms with Gasteiger partial charge < -0.3 is 20.1 Å². The van der Waals surface area contributed by atoms with Crippen LogP contribution in [-0.4, -0.2) is 31.1 Å². The summed E-state index contributed by atoms with van der Waals surface area (Å²) in [4.78, 5) is 24.8. The maximum atomic E-state index is 12.4. The van der Waals surface area contributed by atoms with E-state index in [4.69, 9.17) is 32.7 Å². The Morgan fingerprint density at radius 3 is 2.42 bits per heavy atom. The summed E-state index contributed by atoms with van der Waals surface area (Å²) < 4.78 is 11.5. The number of fused-ring (bicyclic) bond motifs is 1. The molecular formula is C23H18Cl2N2O4. The van der Waals surface area contributed by atoms with Gasteiger partial charge in [0.2, 0.25) is 0 Å². The molecule has 2 N–H and O–H groups in total. The van der Waals surface area contributed by atoms with Crippen LogP contribution in [0.3, 0.4) is 0 Å². The van der Waals surface area contributed by atoms with E-state index in [1.165, 1.54) is 6.07 Å². The number of carbonyl (C=O) groups excluding carboxylic acids is 2. The molecule has 2 amide bonds. The summed E-state index contributed by atoms with van der Waals surface area (Å²) in [5, 5.41) is 6.29. The van der Waals surface area contributed by atoms with Crippen molar-refractivity contribution in [3.8, 4) is 11.5 Å². The van der Waals surface area contributed by atoms with Gasteiger partial charge in [-0.1, -0.05) is 35.3 Å². The van der Waals surface area contributed by atoms with Crippen molar-refractivity contribution in [2.24, 2.45) is 0 Å². The van der Waals surface area contributed by atoms with Crippen LogP contribution >= 0.6 is 23.2 Å². The summed E-state index contributed by atoms with van der Waals surface area (Å²) in [5.41, 5.74) is 1.30. The lowest BCUT2D eigenvalue weighted by Crippen LogP contribution is -2.40. The van der Waals surface area contributed by atoms with Crippen molar-refractivity contribution < 1.29 is 19.1 Å². The molecule has 0 saturated carbocycles. The molecule has 0 unspecified atom stereocenters. The molecule has 1 atom stereocenters. The standard InChI is InChI=1S/C23H18Cl2N2O4/c24-15-7-10-18(19(25)11-15)23(29)27-16-8-5-14(6-9-16)22(28)26-12-17-13-30-20-3-1-2-4-21(20)31-17/h1-11,17H,12-13H2,(H,26,28)(H,27,29)/t17-/m0/s1. The number of benzene rings is 3. The Morgan fingerprint density at radius 2 is 1.68 bits per heavy atom. The molecule has 3 aromatic carbocycles. The molecule has 0 aliphatic carbocycles. The Morgan fingerprint density at radius 1 is 0.935 bits per heavy atom. The first-order chi connectivity index (χ1) is 15.0. The second-order valence-electron chi connectivity index (χ2n) is 6.86. The predicted octanol–water partition coefficient (Wildman–Crippen LogP) is 4.82. The van der Waals surface area contributed by atoms with E-state index in [-0.39, 0.29) is 22.9 Å². The van der Waals surface area contributed by atoms with Crippen LogP contribution in [0.4, 0.5) is 5.69 Å². The topological polar surface area (TPSA) is 76.7 Å². The highest BCUT2D eigenvalue weighted by atomic mass is 35.5. The monoisotopic (exact) mass is 456 g/mol. The minimum Gasteiger partial charge on any atom is -0.486 e. The maximum Gasteiger partial charge on any atom is 0.257 e. The largest absolute Gasteiger partial charge is 0.486 e. The van der Waals surface area contributed by atoms with E-state index in [2.05, 4.69) is 10.6 Å². The fraction of sp³-hybridized carbons (Fsp3) is 0.130. The van der Waals surface area contributed by atoms with Gasteiger partial charge in [0.25, 0.3) is 11.8 Å². The quantitative estimate of drug-likeness (QED) is 0.577. The molecule has 0 fully saturated rings. The molecule has 0 spiro atoms. The van der Waals surface area contributed by atoms with Crippen LogP contribution in [-0.2, 0) is 0 Å². The van der Waals surface area contributed by atoms with Gasteiger partial charge in [-0.2, -0.15) is 0 Å². The average Bonchev–Trinajstić information content (AvgIpc) is 2.77. The van der Waals surface area contributed by atoms with E-state index in [1.54, 1.807) is 36.4 Å². The number of anilines is 1. The van der Waals surface area contributed by atoms with Gasteiger partial charge in [0.1, 0.15) is 12.7 Å². The second-order valence-corrected chi connectivity index (χ2v) is 7.71. The van der Waals surface area contributed by atoms with Crippen LogP contribution in [0.5, 0.6) is 11.5 Å². The van der Waals surface area contributed by atoms with Crippen LogP contribution in [0.15, 0.2) is 66.7 Å². The van der Waals surface area contributed by atoms with Gasteiger partial charge >= 0.3 is 0 Å². The minimum absolute atomic E-state index is 0.249. The van der Waals surface area contributed by atoms with Crippen LogP contribution in [0.25, 0.3) is 0 Å². The van der Waals surface area contributed by atoms with Gasteiger partial charge in [-0.15, -0.1) is 0 Å². The summed E-state index contributed by atoms with van der Waals surface area (Å²) in [6.45, 7) is 0.663. The molecule has 1 aliphatic heterocycles. The van der Waals surface area contributed by atoms with Crippen LogP contribution in [0.1, 0.15) is 20.7 Å². The van der Waals surface area contributed by atoms with Crippen molar-refractivity contribution >= 4 is 40.7 Å². The highest BCUT2D eigenvalue weighted by molar-refractivity contribution is 6.37. The molecule has 0 bridgehead atoms. The Labute approximate surface area is 189 Å². The first-order valence-electron chi connectivity index (χ1n) is 9.53. The fourth-order valence-electron chi connectivity index (χ4n) is 3.05. The molecule has 1 aliphatic rings. The van der Waals surface area contributed by atoms with E-state index < -0.39 is 0 Å². The molecule has 3 aromatic rings. The summed E-state index contributed by atoms with van der Waals surface area (Å²) in [6, 6.07) is 18.6. The predicted molar refractivity (Wildman–Crippen MR) is 120 cm³/mol. The third kappa shape index (κ3) is 5.10. The van der Waals surface area contributed by atoms with E-state index in [0.29, 0.717) is 46.5 Å². The first-order valence-corrected chi connectivity index (χ1v) is 10.3. The summed E-state index contributed by atoms with van der Waals surface area (Å²) >= 11 is 11.9. The second kappa shape index (κ2) is 9.29. The van der Waals surface area contributed by atoms with Crippen molar-refractivity contribution in [1.29, 1.82) is 0 Å². The minimum atomic E-state index is -0.367. The first kappa shape index (κ1) is 21.0. The number of amides is 2. The molecule has 0 aromatic heterocycles. The van der Waals surface area contributed by atoms with Crippen molar-refractivity contribution in [2.75, 3.05) is 18.5 Å². The van der Waals surface area contributed by atoms with Gasteiger partial charge in [-0.05, 0) is 54.6 Å². The van der Waals surface area contributed by atoms with Gasteiger partial charge in [-0.3, -0.25) is 9.59 Å². The Balaban J connectivity index is 1.31. The number of hydrogen-bond acceptors (Lipinski definition) is 4. The van der Waals surface area contributed by atoms with E-state index >= 15 is 0 Å². The van der Waals surface area contributed by atoms with E-state index in [1.807, 2.05) is 24.3 Å². The Hall–Kier alpha value is -3.22. The van der Waals surface area contributed by atoms with Crippen molar-refractivity contribution in [3.05, 3.63) is 87.9 Å². The van der Waals surface area contributed by atoms with Gasteiger partial charge in [0, 0.05) is 16.3 Å². The molecule has 6 nitrogen and oxygen atoms in total. The summed E-state index contributed by atoms with van der Waals surface area (Å²) in [7, 11) is 0. The third-order valence-corrected chi connectivity index (χ3v) is 5.19. The molecule has 8 heteroatoms. The lowest BCUT2D eigenvalue weighted by Gasteiger charge is -2.26. The highest BCUT2D eigenvalue weighted by Gasteiger charge is 2.21. The maximum absolute atomic E-state index is 12.4. The SMILES string of the molecule is O=C(NC[C@H]1COc2ccccc2O1)c1ccc(NC(=O)c2ccc(Cl)cc2Cl)cc1. The number of rotatable bonds is 5. The lowest BCUT2D eigenvalue weighted by molar-refractivity contribution is 0.0789. The smallest absolute Gasteiger partial charge is 0.257 e. The number of nitrogens with one attached hydrogen (secondary N) is 2. The number of para-hydroxylation sites is 2.